The number of rotatable bonds is 4. The van der Waals surface area contributed by atoms with Crippen molar-refractivity contribution in [1.29, 1.82) is 0 Å². The SMILES string of the molecule is Nc1ccc(Cl)c(S(=O)COCC(F)(F)F)c1. The Morgan fingerprint density at radius 1 is 1.41 bits per heavy atom. The summed E-state index contributed by atoms with van der Waals surface area (Å²) >= 11 is 5.73. The van der Waals surface area contributed by atoms with Crippen molar-refractivity contribution < 1.29 is 22.1 Å². The highest BCUT2D eigenvalue weighted by molar-refractivity contribution is 7.85. The van der Waals surface area contributed by atoms with Crippen LogP contribution in [-0.4, -0.2) is 22.9 Å². The standard InChI is InChI=1S/C9H9ClF3NO2S/c10-7-2-1-6(14)3-8(7)17(15)5-16-4-9(11,12)13/h1-3H,4-5,14H2. The van der Waals surface area contributed by atoms with Crippen LogP contribution in [0.5, 0.6) is 0 Å². The van der Waals surface area contributed by atoms with Crippen molar-refractivity contribution in [3.63, 3.8) is 0 Å². The first kappa shape index (κ1) is 14.3. The highest BCUT2D eigenvalue weighted by Gasteiger charge is 2.27. The summed E-state index contributed by atoms with van der Waals surface area (Å²) in [5.41, 5.74) is 5.78. The minimum Gasteiger partial charge on any atom is -0.399 e. The van der Waals surface area contributed by atoms with E-state index in [1.54, 1.807) is 0 Å². The average molecular weight is 288 g/mol. The zero-order valence-electron chi connectivity index (χ0n) is 8.46. The van der Waals surface area contributed by atoms with Gasteiger partial charge in [-0.05, 0) is 18.2 Å². The van der Waals surface area contributed by atoms with Gasteiger partial charge in [0, 0.05) is 5.69 Å². The number of anilines is 1. The summed E-state index contributed by atoms with van der Waals surface area (Å²) in [6.07, 6.45) is -4.44. The quantitative estimate of drug-likeness (QED) is 0.866. The lowest BCUT2D eigenvalue weighted by Crippen LogP contribution is -2.18. The third-order valence-electron chi connectivity index (χ3n) is 1.66. The van der Waals surface area contributed by atoms with Gasteiger partial charge < -0.3 is 10.5 Å². The molecule has 1 rings (SSSR count). The van der Waals surface area contributed by atoms with Gasteiger partial charge >= 0.3 is 6.18 Å². The van der Waals surface area contributed by atoms with Crippen LogP contribution in [0.4, 0.5) is 18.9 Å². The summed E-state index contributed by atoms with van der Waals surface area (Å²) in [5, 5.41) is 0.174. The largest absolute Gasteiger partial charge is 0.411 e. The van der Waals surface area contributed by atoms with Crippen molar-refractivity contribution in [2.45, 2.75) is 11.1 Å². The van der Waals surface area contributed by atoms with E-state index in [1.165, 1.54) is 18.2 Å². The maximum absolute atomic E-state index is 11.8. The third-order valence-corrected chi connectivity index (χ3v) is 3.31. The minimum absolute atomic E-state index is 0.161. The molecule has 96 valence electrons. The Morgan fingerprint density at radius 2 is 2.06 bits per heavy atom. The summed E-state index contributed by atoms with van der Waals surface area (Å²) < 4.78 is 51.2. The monoisotopic (exact) mass is 287 g/mol. The molecule has 8 heteroatoms. The molecule has 0 aliphatic rings. The van der Waals surface area contributed by atoms with Gasteiger partial charge in [-0.1, -0.05) is 11.6 Å². The van der Waals surface area contributed by atoms with Gasteiger partial charge in [-0.2, -0.15) is 13.2 Å². The van der Waals surface area contributed by atoms with Gasteiger partial charge in [0.25, 0.3) is 0 Å². The maximum atomic E-state index is 11.8. The normalized spacial score (nSPS) is 13.6. The molecule has 0 aromatic heterocycles. The van der Waals surface area contributed by atoms with Crippen LogP contribution in [0.1, 0.15) is 0 Å². The second-order valence-corrected chi connectivity index (χ2v) is 4.89. The number of hydrogen-bond acceptors (Lipinski definition) is 3. The molecule has 1 aromatic rings. The number of halogens is 4. The van der Waals surface area contributed by atoms with E-state index in [4.69, 9.17) is 17.3 Å². The highest BCUT2D eigenvalue weighted by Crippen LogP contribution is 2.23. The van der Waals surface area contributed by atoms with Crippen LogP contribution in [0.2, 0.25) is 5.02 Å². The Morgan fingerprint density at radius 3 is 2.65 bits per heavy atom. The molecule has 0 bridgehead atoms. The molecule has 0 saturated heterocycles. The molecule has 2 N–H and O–H groups in total. The Balaban J connectivity index is 2.61. The first-order valence-corrected chi connectivity index (χ1v) is 6.07. The Hall–Kier alpha value is -0.790. The third kappa shape index (κ3) is 4.93. The number of nitrogens with two attached hydrogens (primary N) is 1. The Labute approximate surface area is 103 Å². The lowest BCUT2D eigenvalue weighted by molar-refractivity contribution is -0.169. The van der Waals surface area contributed by atoms with Crippen LogP contribution in [0.15, 0.2) is 23.1 Å². The molecular formula is C9H9ClF3NO2S. The molecule has 0 heterocycles. The molecule has 0 spiro atoms. The second kappa shape index (κ2) is 5.70. The Bertz CT molecular complexity index is 425. The van der Waals surface area contributed by atoms with Crippen molar-refractivity contribution in [3.05, 3.63) is 23.2 Å². The summed E-state index contributed by atoms with van der Waals surface area (Å²) in [6.45, 7) is -1.45. The molecular weight excluding hydrogens is 279 g/mol. The zero-order valence-corrected chi connectivity index (χ0v) is 10.0. The molecule has 0 amide bonds. The van der Waals surface area contributed by atoms with E-state index in [0.717, 1.165) is 0 Å². The van der Waals surface area contributed by atoms with Gasteiger partial charge in [0.1, 0.15) is 12.5 Å². The van der Waals surface area contributed by atoms with Crippen molar-refractivity contribution in [3.8, 4) is 0 Å². The van der Waals surface area contributed by atoms with Crippen molar-refractivity contribution >= 4 is 28.1 Å². The predicted octanol–water partition coefficient (Wildman–Crippen LogP) is 2.57. The van der Waals surface area contributed by atoms with Gasteiger partial charge in [0.05, 0.1) is 20.7 Å². The summed E-state index contributed by atoms with van der Waals surface area (Å²) in [7, 11) is -1.77. The number of hydrogen-bond donors (Lipinski definition) is 1. The molecule has 0 aliphatic heterocycles. The first-order chi connectivity index (χ1) is 7.79. The topological polar surface area (TPSA) is 52.3 Å². The summed E-state index contributed by atoms with van der Waals surface area (Å²) in [6, 6.07) is 4.27. The Kier molecular flexibility index (Phi) is 4.79. The second-order valence-electron chi connectivity index (χ2n) is 3.12. The van der Waals surface area contributed by atoms with Crippen molar-refractivity contribution in [1.82, 2.24) is 0 Å². The molecule has 3 nitrogen and oxygen atoms in total. The molecule has 0 saturated carbocycles. The van der Waals surface area contributed by atoms with Crippen LogP contribution in [-0.2, 0) is 15.5 Å². The molecule has 0 radical (unpaired) electrons. The lowest BCUT2D eigenvalue weighted by atomic mass is 10.3. The van der Waals surface area contributed by atoms with E-state index in [0.29, 0.717) is 5.69 Å². The van der Waals surface area contributed by atoms with E-state index in [1.807, 2.05) is 0 Å². The van der Waals surface area contributed by atoms with Gasteiger partial charge in [-0.3, -0.25) is 4.21 Å². The van der Waals surface area contributed by atoms with Gasteiger partial charge in [0.15, 0.2) is 0 Å². The van der Waals surface area contributed by atoms with Crippen molar-refractivity contribution in [2.24, 2.45) is 0 Å². The first-order valence-electron chi connectivity index (χ1n) is 4.37. The van der Waals surface area contributed by atoms with Crippen molar-refractivity contribution in [2.75, 3.05) is 18.3 Å². The van der Waals surface area contributed by atoms with Gasteiger partial charge in [-0.15, -0.1) is 0 Å². The van der Waals surface area contributed by atoms with E-state index in [-0.39, 0.29) is 9.92 Å². The van der Waals surface area contributed by atoms with E-state index in [2.05, 4.69) is 4.74 Å². The minimum atomic E-state index is -4.44. The number of benzene rings is 1. The summed E-state index contributed by atoms with van der Waals surface area (Å²) in [4.78, 5) is 0.161. The van der Waals surface area contributed by atoms with Gasteiger partial charge in [0.2, 0.25) is 0 Å². The molecule has 1 atom stereocenters. The predicted molar refractivity (Wildman–Crippen MR) is 59.1 cm³/mol. The zero-order chi connectivity index (χ0) is 13.1. The number of alkyl halides is 3. The summed E-state index contributed by atoms with van der Waals surface area (Å²) in [5.74, 6) is -0.581. The fourth-order valence-corrected chi connectivity index (χ4v) is 2.28. The number of nitrogen functional groups attached to an aromatic ring is 1. The molecule has 0 fully saturated rings. The molecule has 1 unspecified atom stereocenters. The fourth-order valence-electron chi connectivity index (χ4n) is 0.991. The lowest BCUT2D eigenvalue weighted by Gasteiger charge is -2.08. The molecule has 0 aliphatic carbocycles. The fraction of sp³-hybridized carbons (Fsp3) is 0.333. The average Bonchev–Trinajstić information content (AvgIpc) is 2.19. The van der Waals surface area contributed by atoms with Gasteiger partial charge in [-0.25, -0.2) is 0 Å². The van der Waals surface area contributed by atoms with Crippen LogP contribution in [0, 0.1) is 0 Å². The van der Waals surface area contributed by atoms with Crippen LogP contribution < -0.4 is 5.73 Å². The van der Waals surface area contributed by atoms with E-state index in [9.17, 15) is 17.4 Å². The van der Waals surface area contributed by atoms with Crippen LogP contribution in [0.3, 0.4) is 0 Å². The highest BCUT2D eigenvalue weighted by atomic mass is 35.5. The van der Waals surface area contributed by atoms with E-state index < -0.39 is 29.5 Å². The van der Waals surface area contributed by atoms with Crippen LogP contribution >= 0.6 is 11.6 Å². The maximum Gasteiger partial charge on any atom is 0.411 e. The molecule has 1 aromatic carbocycles. The smallest absolute Gasteiger partial charge is 0.399 e. The molecule has 17 heavy (non-hydrogen) atoms. The number of ether oxygens (including phenoxy) is 1. The van der Waals surface area contributed by atoms with Crippen LogP contribution in [0.25, 0.3) is 0 Å². The van der Waals surface area contributed by atoms with E-state index >= 15 is 0 Å².